The summed E-state index contributed by atoms with van der Waals surface area (Å²) in [5, 5.41) is 0. The van der Waals surface area contributed by atoms with Crippen LogP contribution in [0.2, 0.25) is 0 Å². The molecule has 1 fully saturated rings. The number of carbonyl (C=O) groups excluding carboxylic acids is 1. The van der Waals surface area contributed by atoms with Gasteiger partial charge in [0.2, 0.25) is 5.91 Å². The number of para-hydroxylation sites is 2. The van der Waals surface area contributed by atoms with Gasteiger partial charge in [0.25, 0.3) is 0 Å². The highest BCUT2D eigenvalue weighted by Gasteiger charge is 2.34. The van der Waals surface area contributed by atoms with Gasteiger partial charge in [0.15, 0.2) is 0 Å². The first-order chi connectivity index (χ1) is 7.61. The van der Waals surface area contributed by atoms with E-state index in [0.29, 0.717) is 11.6 Å². The van der Waals surface area contributed by atoms with Crippen molar-refractivity contribution in [2.45, 2.75) is 19.8 Å². The third-order valence-electron chi connectivity index (χ3n) is 3.35. The van der Waals surface area contributed by atoms with Crippen molar-refractivity contribution in [2.24, 2.45) is 11.8 Å². The van der Waals surface area contributed by atoms with Crippen LogP contribution >= 0.6 is 0 Å². The molecule has 0 bridgehead atoms. The van der Waals surface area contributed by atoms with E-state index < -0.39 is 0 Å². The number of nitrogens with two attached hydrogens (primary N) is 1. The monoisotopic (exact) mass is 218 g/mol. The number of benzene rings is 1. The van der Waals surface area contributed by atoms with Crippen LogP contribution in [0.25, 0.3) is 0 Å². The standard InChI is InChI=1S/C13H18N2O/c1-9(10-7-8-10)13(16)15(2)12-6-4-3-5-11(12)14/h3-6,9-10H,7-8,14H2,1-2H3. The zero-order valence-electron chi connectivity index (χ0n) is 9.81. The lowest BCUT2D eigenvalue weighted by atomic mass is 10.0. The number of carbonyl (C=O) groups is 1. The summed E-state index contributed by atoms with van der Waals surface area (Å²) >= 11 is 0. The summed E-state index contributed by atoms with van der Waals surface area (Å²) in [7, 11) is 1.80. The van der Waals surface area contributed by atoms with Crippen LogP contribution in [-0.2, 0) is 4.79 Å². The molecule has 0 radical (unpaired) electrons. The van der Waals surface area contributed by atoms with Crippen molar-refractivity contribution < 1.29 is 4.79 Å². The second-order valence-corrected chi connectivity index (χ2v) is 4.58. The van der Waals surface area contributed by atoms with Crippen molar-refractivity contribution in [3.63, 3.8) is 0 Å². The quantitative estimate of drug-likeness (QED) is 0.791. The molecule has 2 N–H and O–H groups in total. The molecule has 2 rings (SSSR count). The van der Waals surface area contributed by atoms with Crippen molar-refractivity contribution in [1.82, 2.24) is 0 Å². The van der Waals surface area contributed by atoms with Crippen LogP contribution in [0, 0.1) is 11.8 Å². The zero-order chi connectivity index (χ0) is 11.7. The first-order valence-electron chi connectivity index (χ1n) is 5.73. The lowest BCUT2D eigenvalue weighted by Gasteiger charge is -2.22. The molecule has 1 aliphatic carbocycles. The largest absolute Gasteiger partial charge is 0.397 e. The van der Waals surface area contributed by atoms with Gasteiger partial charge in [-0.15, -0.1) is 0 Å². The minimum atomic E-state index is 0.115. The number of hydrogen-bond donors (Lipinski definition) is 1. The normalized spacial score (nSPS) is 16.9. The predicted molar refractivity (Wildman–Crippen MR) is 66.2 cm³/mol. The summed E-state index contributed by atoms with van der Waals surface area (Å²) in [6.45, 7) is 2.01. The summed E-state index contributed by atoms with van der Waals surface area (Å²) in [5.74, 6) is 0.866. The highest BCUT2D eigenvalue weighted by Crippen LogP contribution is 2.38. The first-order valence-corrected chi connectivity index (χ1v) is 5.73. The summed E-state index contributed by atoms with van der Waals surface area (Å²) in [6.07, 6.45) is 2.37. The molecule has 16 heavy (non-hydrogen) atoms. The smallest absolute Gasteiger partial charge is 0.229 e. The molecule has 3 nitrogen and oxygen atoms in total. The molecule has 0 aromatic heterocycles. The van der Waals surface area contributed by atoms with Crippen LogP contribution in [0.4, 0.5) is 11.4 Å². The highest BCUT2D eigenvalue weighted by atomic mass is 16.2. The lowest BCUT2D eigenvalue weighted by molar-refractivity contribution is -0.122. The Hall–Kier alpha value is -1.51. The average molecular weight is 218 g/mol. The summed E-state index contributed by atoms with van der Waals surface area (Å²) in [6, 6.07) is 7.48. The maximum atomic E-state index is 12.1. The van der Waals surface area contributed by atoms with Gasteiger partial charge >= 0.3 is 0 Å². The first kappa shape index (κ1) is 11.0. The van der Waals surface area contributed by atoms with Crippen LogP contribution in [-0.4, -0.2) is 13.0 Å². The zero-order valence-corrected chi connectivity index (χ0v) is 9.81. The van der Waals surface area contributed by atoms with E-state index in [2.05, 4.69) is 0 Å². The maximum absolute atomic E-state index is 12.1. The van der Waals surface area contributed by atoms with Gasteiger partial charge in [0.05, 0.1) is 11.4 Å². The van der Waals surface area contributed by atoms with E-state index in [-0.39, 0.29) is 11.8 Å². The molecule has 1 aliphatic rings. The molecule has 1 amide bonds. The molecule has 3 heteroatoms. The second kappa shape index (κ2) is 4.16. The van der Waals surface area contributed by atoms with Gasteiger partial charge in [-0.25, -0.2) is 0 Å². The fourth-order valence-electron chi connectivity index (χ4n) is 2.02. The number of nitrogen functional groups attached to an aromatic ring is 1. The van der Waals surface area contributed by atoms with Crippen LogP contribution in [0.1, 0.15) is 19.8 Å². The highest BCUT2D eigenvalue weighted by molar-refractivity contribution is 5.97. The van der Waals surface area contributed by atoms with E-state index in [9.17, 15) is 4.79 Å². The fraction of sp³-hybridized carbons (Fsp3) is 0.462. The number of rotatable bonds is 3. The molecular formula is C13H18N2O. The predicted octanol–water partition coefficient (Wildman–Crippen LogP) is 2.28. The minimum Gasteiger partial charge on any atom is -0.397 e. The van der Waals surface area contributed by atoms with Crippen LogP contribution in [0.15, 0.2) is 24.3 Å². The third kappa shape index (κ3) is 2.03. The van der Waals surface area contributed by atoms with Gasteiger partial charge in [-0.2, -0.15) is 0 Å². The van der Waals surface area contributed by atoms with E-state index in [1.165, 1.54) is 12.8 Å². The lowest BCUT2D eigenvalue weighted by Crippen LogP contribution is -2.32. The number of nitrogens with zero attached hydrogens (tertiary/aromatic N) is 1. The molecule has 1 aromatic carbocycles. The Morgan fingerprint density at radius 2 is 2.06 bits per heavy atom. The Morgan fingerprint density at radius 3 is 2.62 bits per heavy atom. The Bertz CT molecular complexity index is 399. The van der Waals surface area contributed by atoms with Gasteiger partial charge in [-0.3, -0.25) is 4.79 Å². The van der Waals surface area contributed by atoms with Crippen LogP contribution < -0.4 is 10.6 Å². The SMILES string of the molecule is CC(C(=O)N(C)c1ccccc1N)C1CC1. The Morgan fingerprint density at radius 1 is 1.44 bits per heavy atom. The van der Waals surface area contributed by atoms with Crippen LogP contribution in [0.5, 0.6) is 0 Å². The molecule has 1 aromatic rings. The maximum Gasteiger partial charge on any atom is 0.229 e. The molecule has 0 heterocycles. The Balaban J connectivity index is 2.15. The van der Waals surface area contributed by atoms with Crippen molar-refractivity contribution >= 4 is 17.3 Å². The summed E-state index contributed by atoms with van der Waals surface area (Å²) in [5.41, 5.74) is 7.32. The molecule has 1 saturated carbocycles. The molecule has 0 aliphatic heterocycles. The topological polar surface area (TPSA) is 46.3 Å². The molecule has 1 unspecified atom stereocenters. The van der Waals surface area contributed by atoms with Gasteiger partial charge in [0.1, 0.15) is 0 Å². The van der Waals surface area contributed by atoms with Gasteiger partial charge in [-0.05, 0) is 30.9 Å². The number of hydrogen-bond acceptors (Lipinski definition) is 2. The van der Waals surface area contributed by atoms with E-state index in [0.717, 1.165) is 5.69 Å². The Kier molecular flexibility index (Phi) is 2.86. The molecular weight excluding hydrogens is 200 g/mol. The van der Waals surface area contributed by atoms with E-state index in [1.54, 1.807) is 11.9 Å². The van der Waals surface area contributed by atoms with Gasteiger partial charge in [-0.1, -0.05) is 19.1 Å². The van der Waals surface area contributed by atoms with Crippen molar-refractivity contribution in [2.75, 3.05) is 17.7 Å². The van der Waals surface area contributed by atoms with Crippen molar-refractivity contribution in [1.29, 1.82) is 0 Å². The summed E-state index contributed by atoms with van der Waals surface area (Å²) in [4.78, 5) is 13.8. The molecule has 0 spiro atoms. The van der Waals surface area contributed by atoms with Gasteiger partial charge in [0, 0.05) is 13.0 Å². The minimum absolute atomic E-state index is 0.115. The van der Waals surface area contributed by atoms with E-state index in [1.807, 2.05) is 31.2 Å². The second-order valence-electron chi connectivity index (χ2n) is 4.58. The Labute approximate surface area is 96.2 Å². The molecule has 86 valence electrons. The summed E-state index contributed by atoms with van der Waals surface area (Å²) < 4.78 is 0. The van der Waals surface area contributed by atoms with Crippen LogP contribution in [0.3, 0.4) is 0 Å². The molecule has 0 saturated heterocycles. The fourth-order valence-corrected chi connectivity index (χ4v) is 2.02. The van der Waals surface area contributed by atoms with Crippen molar-refractivity contribution in [3.05, 3.63) is 24.3 Å². The average Bonchev–Trinajstić information content (AvgIpc) is 3.11. The van der Waals surface area contributed by atoms with E-state index in [4.69, 9.17) is 5.73 Å². The van der Waals surface area contributed by atoms with E-state index >= 15 is 0 Å². The number of anilines is 2. The van der Waals surface area contributed by atoms with Crippen molar-refractivity contribution in [3.8, 4) is 0 Å². The van der Waals surface area contributed by atoms with Gasteiger partial charge < -0.3 is 10.6 Å². The molecule has 1 atom stereocenters. The third-order valence-corrected chi connectivity index (χ3v) is 3.35. The number of amides is 1.